The molecule has 15 rings (SSSR count). The van der Waals surface area contributed by atoms with Crippen LogP contribution in [0.2, 0.25) is 0 Å². The molecule has 0 unspecified atom stereocenters. The van der Waals surface area contributed by atoms with Gasteiger partial charge in [0, 0.05) is 62.4 Å². The van der Waals surface area contributed by atoms with Crippen molar-refractivity contribution in [2.75, 3.05) is 41.1 Å². The fourth-order valence-electron chi connectivity index (χ4n) is 13.5. The number of aromatic nitrogens is 10. The van der Waals surface area contributed by atoms with Crippen molar-refractivity contribution in [3.63, 3.8) is 0 Å². The number of hydrogen-bond donors (Lipinski definition) is 0. The third-order valence-corrected chi connectivity index (χ3v) is 18.9. The number of ether oxygens (including phenoxy) is 6. The van der Waals surface area contributed by atoms with Crippen molar-refractivity contribution >= 4 is 61.5 Å². The Bertz CT molecular complexity index is 5230. The third kappa shape index (κ3) is 19.4. The summed E-state index contributed by atoms with van der Waals surface area (Å²) in [6.07, 6.45) is 9.25. The molecule has 1 saturated carbocycles. The van der Waals surface area contributed by atoms with Crippen LogP contribution in [0.15, 0.2) is 241 Å². The molecule has 0 spiro atoms. The Morgan fingerprint density at radius 1 is 0.435 bits per heavy atom. The second-order valence-electron chi connectivity index (χ2n) is 26.8. The maximum Gasteiger partial charge on any atom is 0.327 e. The van der Waals surface area contributed by atoms with Crippen LogP contribution in [0.25, 0.3) is 88.6 Å². The highest BCUT2D eigenvalue weighted by Crippen LogP contribution is 2.35. The van der Waals surface area contributed by atoms with Gasteiger partial charge in [-0.1, -0.05) is 202 Å². The largest absolute Gasteiger partial charge is 0.494 e. The van der Waals surface area contributed by atoms with Gasteiger partial charge in [-0.25, -0.2) is 0 Å². The van der Waals surface area contributed by atoms with Crippen LogP contribution in [-0.4, -0.2) is 125 Å². The van der Waals surface area contributed by atoms with E-state index in [-0.39, 0.29) is 37.5 Å². The second kappa shape index (κ2) is 37.1. The summed E-state index contributed by atoms with van der Waals surface area (Å²) < 4.78 is 44.6. The number of nitrogens with zero attached hydrogens (tertiary/aromatic N) is 11. The zero-order valence-electron chi connectivity index (χ0n) is 62.2. The van der Waals surface area contributed by atoms with Gasteiger partial charge in [-0.2, -0.15) is 20.4 Å². The standard InChI is InChI=1S/C24H31N3O3.C24H28N2O3.C23H20N2O3.C16H12N4O/c1-17(2)26(18(3)4)13-14-30-20-10-8-9-19(15-20)24-21-11-6-7-12-22(21)27(25-24)16-23(28)29-5;1-28-23(27)17-26-22-13-6-5-12-21(22)24(25-26)19-10-7-11-20(16-19)29-15-14-18-8-3-2-4-9-18;1-27-22(26)15-25-21-13-6-5-12-20(21)23(24-25)18-10-7-11-19(14-18)28-16-17-8-3-2-4-9-17;1-2-6-12(7-3-1)16-13-8-4-5-9-14(13)20(19-16)10-15-18-17-11-21-15/h6-12,15,17-18H,13-14,16H2,1-5H3;5-7,10-13,16,18H,2-4,8-9,14-15,17H2,1H3;2-14H,15-16H2,1H3;1-9,11H,10H2. The molecule has 1 aliphatic carbocycles. The quantitative estimate of drug-likeness (QED) is 0.0383. The molecule has 0 saturated heterocycles. The smallest absolute Gasteiger partial charge is 0.327 e. The van der Waals surface area contributed by atoms with E-state index in [0.29, 0.717) is 37.7 Å². The number of fused-ring (bicyclic) bond motifs is 4. The predicted octanol–water partition coefficient (Wildman–Crippen LogP) is 17.2. The lowest BCUT2D eigenvalue weighted by molar-refractivity contribution is -0.142. The molecule has 0 atom stereocenters. The fourth-order valence-corrected chi connectivity index (χ4v) is 13.5. The van der Waals surface area contributed by atoms with Crippen molar-refractivity contribution < 1.29 is 47.2 Å². The molecule has 5 aromatic heterocycles. The topological polar surface area (TPSA) is 220 Å². The van der Waals surface area contributed by atoms with E-state index in [1.807, 2.05) is 217 Å². The van der Waals surface area contributed by atoms with Gasteiger partial charge in [0.1, 0.15) is 79.4 Å². The summed E-state index contributed by atoms with van der Waals surface area (Å²) in [6.45, 7) is 12.3. The summed E-state index contributed by atoms with van der Waals surface area (Å²) in [5.41, 5.74) is 12.3. The molecule has 0 N–H and O–H groups in total. The molecule has 21 nitrogen and oxygen atoms in total. The van der Waals surface area contributed by atoms with Crippen molar-refractivity contribution in [3.05, 3.63) is 248 Å². The van der Waals surface area contributed by atoms with Crippen LogP contribution in [0.5, 0.6) is 17.2 Å². The minimum absolute atomic E-state index is 0.0706. The summed E-state index contributed by atoms with van der Waals surface area (Å²) in [6, 6.07) is 76.8. The first kappa shape index (κ1) is 75.5. The van der Waals surface area contributed by atoms with E-state index in [1.165, 1.54) is 59.8 Å². The van der Waals surface area contributed by atoms with E-state index in [1.54, 1.807) is 14.0 Å². The molecular weight excluding hydrogens is 1360 g/mol. The Hall–Kier alpha value is -12.2. The minimum Gasteiger partial charge on any atom is -0.494 e. The van der Waals surface area contributed by atoms with Crippen molar-refractivity contribution in [1.29, 1.82) is 0 Å². The van der Waals surface area contributed by atoms with Gasteiger partial charge in [-0.15, -0.1) is 10.2 Å². The lowest BCUT2D eigenvalue weighted by atomic mass is 9.87. The third-order valence-electron chi connectivity index (χ3n) is 18.9. The van der Waals surface area contributed by atoms with E-state index in [4.69, 9.17) is 48.1 Å². The molecule has 554 valence electrons. The molecule has 0 aliphatic heterocycles. The Kier molecular flexibility index (Phi) is 26.0. The number of hydrogen-bond acceptors (Lipinski definition) is 17. The molecule has 0 radical (unpaired) electrons. The molecule has 5 heterocycles. The van der Waals surface area contributed by atoms with Crippen molar-refractivity contribution in [3.8, 4) is 62.3 Å². The maximum absolute atomic E-state index is 11.8. The predicted molar refractivity (Wildman–Crippen MR) is 420 cm³/mol. The average Bonchev–Trinajstić information content (AvgIpc) is 1.66. The lowest BCUT2D eigenvalue weighted by Crippen LogP contribution is -2.39. The molecular formula is C87H91N11O10. The van der Waals surface area contributed by atoms with Crippen molar-refractivity contribution in [2.24, 2.45) is 5.92 Å². The lowest BCUT2D eigenvalue weighted by Gasteiger charge is -2.30. The Labute approximate surface area is 628 Å². The zero-order chi connectivity index (χ0) is 75.1. The zero-order valence-corrected chi connectivity index (χ0v) is 62.2. The number of rotatable bonds is 25. The molecule has 1 fully saturated rings. The highest BCUT2D eigenvalue weighted by molar-refractivity contribution is 5.97. The number of benzene rings is 9. The molecule has 21 heteroatoms. The van der Waals surface area contributed by atoms with Crippen LogP contribution in [0, 0.1) is 5.92 Å². The highest BCUT2D eigenvalue weighted by atomic mass is 16.5. The Balaban J connectivity index is 0.000000135. The number of carbonyl (C=O) groups is 3. The summed E-state index contributed by atoms with van der Waals surface area (Å²) in [7, 11) is 4.15. The van der Waals surface area contributed by atoms with Gasteiger partial charge in [0.25, 0.3) is 0 Å². The molecule has 108 heavy (non-hydrogen) atoms. The second-order valence-corrected chi connectivity index (χ2v) is 26.8. The van der Waals surface area contributed by atoms with E-state index in [0.717, 1.165) is 137 Å². The molecule has 9 aromatic carbocycles. The summed E-state index contributed by atoms with van der Waals surface area (Å²) in [4.78, 5) is 37.7. The first-order valence-electron chi connectivity index (χ1n) is 36.6. The first-order valence-corrected chi connectivity index (χ1v) is 36.6. The summed E-state index contributed by atoms with van der Waals surface area (Å²) in [5.74, 6) is 2.83. The van der Waals surface area contributed by atoms with Crippen LogP contribution in [0.1, 0.15) is 77.7 Å². The number of esters is 3. The van der Waals surface area contributed by atoms with Crippen LogP contribution in [0.4, 0.5) is 0 Å². The normalized spacial score (nSPS) is 12.1. The van der Waals surface area contributed by atoms with Gasteiger partial charge in [0.05, 0.1) is 50.0 Å². The number of methoxy groups -OCH3 is 3. The van der Waals surface area contributed by atoms with E-state index in [2.05, 4.69) is 66.1 Å². The molecule has 14 aromatic rings. The Morgan fingerprint density at radius 3 is 1.24 bits per heavy atom. The van der Waals surface area contributed by atoms with Gasteiger partial charge >= 0.3 is 17.9 Å². The van der Waals surface area contributed by atoms with Crippen LogP contribution in [0.3, 0.4) is 0 Å². The monoisotopic (exact) mass is 1450 g/mol. The van der Waals surface area contributed by atoms with Crippen LogP contribution >= 0.6 is 0 Å². The van der Waals surface area contributed by atoms with Crippen molar-refractivity contribution in [2.45, 2.75) is 111 Å². The van der Waals surface area contributed by atoms with Gasteiger partial charge in [-0.3, -0.25) is 38.0 Å². The van der Waals surface area contributed by atoms with Crippen LogP contribution < -0.4 is 14.2 Å². The highest BCUT2D eigenvalue weighted by Gasteiger charge is 2.21. The SMILES string of the molecule is COC(=O)Cn1nc(-c2cccc(OCCC3CCCCC3)c2)c2ccccc21.COC(=O)Cn1nc(-c2cccc(OCCN(C(C)C)C(C)C)c2)c2ccccc21.COC(=O)Cn1nc(-c2cccc(OCc3ccccc3)c2)c2ccccc21.c1ccc(-c2nn(Cc3nnco3)c3ccccc23)cc1. The molecule has 1 aliphatic rings. The molecule has 0 amide bonds. The van der Waals surface area contributed by atoms with Crippen molar-refractivity contribution in [1.82, 2.24) is 54.2 Å². The Morgan fingerprint density at radius 2 is 0.815 bits per heavy atom. The van der Waals surface area contributed by atoms with E-state index < -0.39 is 0 Å². The van der Waals surface area contributed by atoms with Gasteiger partial charge in [0.15, 0.2) is 0 Å². The van der Waals surface area contributed by atoms with Gasteiger partial charge in [-0.05, 0) is 106 Å². The summed E-state index contributed by atoms with van der Waals surface area (Å²) >= 11 is 0. The van der Waals surface area contributed by atoms with Crippen LogP contribution in [-0.2, 0) is 61.4 Å². The minimum atomic E-state index is -0.334. The first-order chi connectivity index (χ1) is 52.8. The number of para-hydroxylation sites is 4. The van der Waals surface area contributed by atoms with Gasteiger partial charge in [0.2, 0.25) is 12.3 Å². The number of carbonyl (C=O) groups excluding carboxylic acids is 3. The molecule has 0 bridgehead atoms. The van der Waals surface area contributed by atoms with E-state index in [9.17, 15) is 14.4 Å². The van der Waals surface area contributed by atoms with Gasteiger partial charge < -0.3 is 32.8 Å². The fraction of sp³-hybridized carbons (Fsp3) is 0.276. The van der Waals surface area contributed by atoms with E-state index >= 15 is 0 Å². The maximum atomic E-state index is 11.8. The summed E-state index contributed by atoms with van der Waals surface area (Å²) in [5, 5.41) is 30.5. The average molecular weight is 1450 g/mol.